The Kier molecular flexibility index (Phi) is 4.64. The van der Waals surface area contributed by atoms with Crippen LogP contribution in [0.4, 0.5) is 0 Å². The van der Waals surface area contributed by atoms with E-state index in [4.69, 9.17) is 0 Å². The van der Waals surface area contributed by atoms with Gasteiger partial charge in [-0.25, -0.2) is 0 Å². The van der Waals surface area contributed by atoms with Crippen molar-refractivity contribution in [1.82, 2.24) is 10.2 Å². The first-order chi connectivity index (χ1) is 8.97. The van der Waals surface area contributed by atoms with Crippen LogP contribution in [0.5, 0.6) is 0 Å². The molecule has 0 radical (unpaired) electrons. The zero-order valence-corrected chi connectivity index (χ0v) is 12.9. The fourth-order valence-corrected chi connectivity index (χ4v) is 2.31. The predicted octanol–water partition coefficient (Wildman–Crippen LogP) is 3.17. The molecule has 0 aliphatic heterocycles. The van der Waals surface area contributed by atoms with E-state index in [1.54, 1.807) is 0 Å². The third kappa shape index (κ3) is 4.63. The second-order valence-corrected chi connectivity index (χ2v) is 6.84. The molecule has 0 aromatic heterocycles. The van der Waals surface area contributed by atoms with Crippen LogP contribution < -0.4 is 5.32 Å². The summed E-state index contributed by atoms with van der Waals surface area (Å²) in [4.78, 5) is 2.47. The van der Waals surface area contributed by atoms with Crippen LogP contribution in [-0.2, 0) is 12.0 Å². The summed E-state index contributed by atoms with van der Waals surface area (Å²) in [6, 6.07) is 9.88. The smallest absolute Gasteiger partial charge is 0.0206 e. The molecule has 1 N–H and O–H groups in total. The molecule has 2 heteroatoms. The van der Waals surface area contributed by atoms with E-state index in [2.05, 4.69) is 62.3 Å². The highest BCUT2D eigenvalue weighted by molar-refractivity contribution is 5.27. The Bertz CT molecular complexity index is 385. The van der Waals surface area contributed by atoms with Gasteiger partial charge in [0.2, 0.25) is 0 Å². The van der Waals surface area contributed by atoms with Gasteiger partial charge < -0.3 is 10.2 Å². The van der Waals surface area contributed by atoms with Gasteiger partial charge in [-0.2, -0.15) is 0 Å². The lowest BCUT2D eigenvalue weighted by atomic mass is 9.87. The average Bonchev–Trinajstić information content (AvgIpc) is 3.18. The predicted molar refractivity (Wildman–Crippen MR) is 82.5 cm³/mol. The molecule has 0 unspecified atom stereocenters. The Morgan fingerprint density at radius 2 is 1.79 bits per heavy atom. The summed E-state index contributed by atoms with van der Waals surface area (Å²) < 4.78 is 0. The van der Waals surface area contributed by atoms with Crippen LogP contribution in [0.1, 0.15) is 44.7 Å². The van der Waals surface area contributed by atoms with Gasteiger partial charge in [-0.1, -0.05) is 45.0 Å². The Morgan fingerprint density at radius 3 is 2.32 bits per heavy atom. The van der Waals surface area contributed by atoms with E-state index in [1.807, 2.05) is 0 Å². The molecule has 0 spiro atoms. The van der Waals surface area contributed by atoms with Crippen LogP contribution in [0, 0.1) is 0 Å². The van der Waals surface area contributed by atoms with Crippen molar-refractivity contribution >= 4 is 0 Å². The maximum atomic E-state index is 3.53. The highest BCUT2D eigenvalue weighted by Crippen LogP contribution is 2.24. The van der Waals surface area contributed by atoms with E-state index in [-0.39, 0.29) is 5.41 Å². The maximum Gasteiger partial charge on any atom is 0.0206 e. The maximum absolute atomic E-state index is 3.53. The SMILES string of the molecule is CN(CCNCc1ccc(C(C)(C)C)cc1)C1CC1. The lowest BCUT2D eigenvalue weighted by Gasteiger charge is -2.19. The topological polar surface area (TPSA) is 15.3 Å². The average molecular weight is 260 g/mol. The van der Waals surface area contributed by atoms with E-state index < -0.39 is 0 Å². The van der Waals surface area contributed by atoms with Crippen LogP contribution in [-0.4, -0.2) is 31.1 Å². The number of hydrogen-bond acceptors (Lipinski definition) is 2. The summed E-state index contributed by atoms with van der Waals surface area (Å²) >= 11 is 0. The molecule has 1 fully saturated rings. The van der Waals surface area contributed by atoms with Gasteiger partial charge in [-0.15, -0.1) is 0 Å². The second-order valence-electron chi connectivity index (χ2n) is 6.84. The summed E-state index contributed by atoms with van der Waals surface area (Å²) in [5.74, 6) is 0. The highest BCUT2D eigenvalue weighted by atomic mass is 15.2. The second kappa shape index (κ2) is 6.06. The van der Waals surface area contributed by atoms with Crippen LogP contribution in [0.25, 0.3) is 0 Å². The van der Waals surface area contributed by atoms with Gasteiger partial charge in [-0.05, 0) is 36.4 Å². The lowest BCUT2D eigenvalue weighted by molar-refractivity contribution is 0.321. The van der Waals surface area contributed by atoms with Crippen LogP contribution in [0.2, 0.25) is 0 Å². The summed E-state index contributed by atoms with van der Waals surface area (Å²) in [5.41, 5.74) is 3.03. The van der Waals surface area contributed by atoms with E-state index in [0.717, 1.165) is 25.7 Å². The van der Waals surface area contributed by atoms with Crippen molar-refractivity contribution in [2.75, 3.05) is 20.1 Å². The highest BCUT2D eigenvalue weighted by Gasteiger charge is 2.25. The fraction of sp³-hybridized carbons (Fsp3) is 0.647. The van der Waals surface area contributed by atoms with Gasteiger partial charge in [-0.3, -0.25) is 0 Å². The molecule has 1 aliphatic rings. The van der Waals surface area contributed by atoms with Gasteiger partial charge in [0.1, 0.15) is 0 Å². The van der Waals surface area contributed by atoms with Crippen LogP contribution in [0.15, 0.2) is 24.3 Å². The Labute approximate surface area is 118 Å². The minimum absolute atomic E-state index is 0.249. The standard InChI is InChI=1S/C17H28N2/c1-17(2,3)15-7-5-14(6-8-15)13-18-11-12-19(4)16-9-10-16/h5-8,16,18H,9-13H2,1-4H3. The first-order valence-corrected chi connectivity index (χ1v) is 7.47. The van der Waals surface area contributed by atoms with Crippen molar-refractivity contribution in [2.24, 2.45) is 0 Å². The monoisotopic (exact) mass is 260 g/mol. The van der Waals surface area contributed by atoms with Crippen molar-refractivity contribution in [3.63, 3.8) is 0 Å². The lowest BCUT2D eigenvalue weighted by Crippen LogP contribution is -2.30. The molecule has 2 nitrogen and oxygen atoms in total. The molecule has 2 rings (SSSR count). The summed E-state index contributed by atoms with van der Waals surface area (Å²) in [6.07, 6.45) is 2.79. The summed E-state index contributed by atoms with van der Waals surface area (Å²) in [7, 11) is 2.23. The van der Waals surface area contributed by atoms with Crippen molar-refractivity contribution in [3.8, 4) is 0 Å². The minimum atomic E-state index is 0.249. The largest absolute Gasteiger partial charge is 0.311 e. The molecule has 0 bridgehead atoms. The van der Waals surface area contributed by atoms with Crippen LogP contribution >= 0.6 is 0 Å². The molecule has 0 heterocycles. The third-order valence-corrected chi connectivity index (χ3v) is 3.96. The van der Waals surface area contributed by atoms with Crippen molar-refractivity contribution in [2.45, 2.75) is 51.6 Å². The molecule has 106 valence electrons. The van der Waals surface area contributed by atoms with Gasteiger partial charge in [0, 0.05) is 25.7 Å². The molecular formula is C17H28N2. The number of likely N-dealkylation sites (N-methyl/N-ethyl adjacent to an activating group) is 1. The molecule has 1 aromatic carbocycles. The first-order valence-electron chi connectivity index (χ1n) is 7.47. The van der Waals surface area contributed by atoms with E-state index in [1.165, 1.54) is 24.0 Å². The number of benzene rings is 1. The molecule has 0 amide bonds. The van der Waals surface area contributed by atoms with Gasteiger partial charge in [0.25, 0.3) is 0 Å². The van der Waals surface area contributed by atoms with E-state index in [9.17, 15) is 0 Å². The zero-order valence-electron chi connectivity index (χ0n) is 12.9. The van der Waals surface area contributed by atoms with Gasteiger partial charge >= 0.3 is 0 Å². The number of rotatable bonds is 6. The van der Waals surface area contributed by atoms with Gasteiger partial charge in [0.05, 0.1) is 0 Å². The molecular weight excluding hydrogens is 232 g/mol. The number of hydrogen-bond donors (Lipinski definition) is 1. The normalized spacial score (nSPS) is 16.1. The molecule has 19 heavy (non-hydrogen) atoms. The third-order valence-electron chi connectivity index (χ3n) is 3.96. The van der Waals surface area contributed by atoms with Gasteiger partial charge in [0.15, 0.2) is 0 Å². The van der Waals surface area contributed by atoms with Crippen molar-refractivity contribution in [1.29, 1.82) is 0 Å². The number of nitrogens with zero attached hydrogens (tertiary/aromatic N) is 1. The molecule has 0 atom stereocenters. The van der Waals surface area contributed by atoms with E-state index >= 15 is 0 Å². The minimum Gasteiger partial charge on any atom is -0.311 e. The fourth-order valence-electron chi connectivity index (χ4n) is 2.31. The summed E-state index contributed by atoms with van der Waals surface area (Å²) in [5, 5.41) is 3.53. The van der Waals surface area contributed by atoms with Crippen molar-refractivity contribution in [3.05, 3.63) is 35.4 Å². The molecule has 1 aliphatic carbocycles. The summed E-state index contributed by atoms with van der Waals surface area (Å²) in [6.45, 7) is 9.98. The quantitative estimate of drug-likeness (QED) is 0.790. The van der Waals surface area contributed by atoms with Crippen molar-refractivity contribution < 1.29 is 0 Å². The first kappa shape index (κ1) is 14.5. The van der Waals surface area contributed by atoms with Crippen LogP contribution in [0.3, 0.4) is 0 Å². The Morgan fingerprint density at radius 1 is 1.16 bits per heavy atom. The Hall–Kier alpha value is -0.860. The molecule has 0 saturated heterocycles. The molecule has 1 aromatic rings. The van der Waals surface area contributed by atoms with E-state index in [0.29, 0.717) is 0 Å². The zero-order chi connectivity index (χ0) is 13.9. The molecule has 1 saturated carbocycles. The Balaban J connectivity index is 1.70. The number of nitrogens with one attached hydrogen (secondary N) is 1.